The first kappa shape index (κ1) is 15.7. The standard InChI is InChI=1S/C20H20N4O/c25-19(6-3-15-7-11-21-12-8-15)24-13-9-17(14-24)18-5-4-16-2-1-10-22-20(16)23-18/h1-2,4-5,7-8,10-12,17H,3,6,9,13-14H2. The Labute approximate surface area is 146 Å². The summed E-state index contributed by atoms with van der Waals surface area (Å²) in [6.45, 7) is 1.56. The highest BCUT2D eigenvalue weighted by molar-refractivity contribution is 5.77. The van der Waals surface area contributed by atoms with Crippen LogP contribution in [0.3, 0.4) is 0 Å². The minimum atomic E-state index is 0.221. The fourth-order valence-electron chi connectivity index (χ4n) is 3.38. The molecule has 5 heteroatoms. The molecule has 1 atom stereocenters. The highest BCUT2D eigenvalue weighted by Crippen LogP contribution is 2.27. The Kier molecular flexibility index (Phi) is 4.37. The Hall–Kier alpha value is -2.82. The van der Waals surface area contributed by atoms with E-state index in [0.29, 0.717) is 12.3 Å². The van der Waals surface area contributed by atoms with Gasteiger partial charge in [-0.05, 0) is 54.8 Å². The average Bonchev–Trinajstić information content (AvgIpc) is 3.17. The zero-order chi connectivity index (χ0) is 17.1. The summed E-state index contributed by atoms with van der Waals surface area (Å²) in [5.74, 6) is 0.523. The van der Waals surface area contributed by atoms with Crippen LogP contribution in [0.4, 0.5) is 0 Å². The second-order valence-corrected chi connectivity index (χ2v) is 6.47. The van der Waals surface area contributed by atoms with Crippen LogP contribution in [0.5, 0.6) is 0 Å². The molecule has 1 unspecified atom stereocenters. The number of nitrogens with zero attached hydrogens (tertiary/aromatic N) is 4. The van der Waals surface area contributed by atoms with E-state index in [2.05, 4.69) is 27.1 Å². The summed E-state index contributed by atoms with van der Waals surface area (Å²) in [7, 11) is 0. The molecular weight excluding hydrogens is 312 g/mol. The number of hydrogen-bond donors (Lipinski definition) is 0. The molecule has 1 amide bonds. The number of hydrogen-bond acceptors (Lipinski definition) is 4. The Morgan fingerprint density at radius 2 is 2.00 bits per heavy atom. The molecule has 0 bridgehead atoms. The number of carbonyl (C=O) groups is 1. The first-order chi connectivity index (χ1) is 12.3. The number of aryl methyl sites for hydroxylation is 1. The second kappa shape index (κ2) is 6.97. The van der Waals surface area contributed by atoms with Gasteiger partial charge in [-0.2, -0.15) is 0 Å². The summed E-state index contributed by atoms with van der Waals surface area (Å²) < 4.78 is 0. The van der Waals surface area contributed by atoms with E-state index < -0.39 is 0 Å². The van der Waals surface area contributed by atoms with E-state index in [1.807, 2.05) is 29.2 Å². The van der Waals surface area contributed by atoms with Gasteiger partial charge >= 0.3 is 0 Å². The van der Waals surface area contributed by atoms with Crippen LogP contribution in [-0.4, -0.2) is 38.8 Å². The molecule has 3 aromatic heterocycles. The summed E-state index contributed by atoms with van der Waals surface area (Å²) in [6, 6.07) is 12.0. The first-order valence-electron chi connectivity index (χ1n) is 8.68. The molecule has 4 rings (SSSR count). The van der Waals surface area contributed by atoms with Gasteiger partial charge in [-0.1, -0.05) is 0 Å². The summed E-state index contributed by atoms with van der Waals surface area (Å²) in [5.41, 5.74) is 2.97. The van der Waals surface area contributed by atoms with Crippen molar-refractivity contribution in [1.29, 1.82) is 0 Å². The predicted molar refractivity (Wildman–Crippen MR) is 96.0 cm³/mol. The number of fused-ring (bicyclic) bond motifs is 1. The van der Waals surface area contributed by atoms with E-state index in [1.54, 1.807) is 18.6 Å². The Balaban J connectivity index is 1.39. The third-order valence-corrected chi connectivity index (χ3v) is 4.82. The monoisotopic (exact) mass is 332 g/mol. The van der Waals surface area contributed by atoms with Gasteiger partial charge in [0.2, 0.25) is 5.91 Å². The van der Waals surface area contributed by atoms with Crippen LogP contribution in [0.25, 0.3) is 11.0 Å². The fourth-order valence-corrected chi connectivity index (χ4v) is 3.38. The molecule has 0 aromatic carbocycles. The van der Waals surface area contributed by atoms with Crippen LogP contribution in [0.2, 0.25) is 0 Å². The summed E-state index contributed by atoms with van der Waals surface area (Å²) in [4.78, 5) is 27.5. The van der Waals surface area contributed by atoms with Gasteiger partial charge in [0.25, 0.3) is 0 Å². The van der Waals surface area contributed by atoms with Crippen molar-refractivity contribution in [2.45, 2.75) is 25.2 Å². The molecule has 0 radical (unpaired) electrons. The normalized spacial score (nSPS) is 17.1. The van der Waals surface area contributed by atoms with Gasteiger partial charge in [0.1, 0.15) is 0 Å². The molecule has 4 heterocycles. The highest BCUT2D eigenvalue weighted by atomic mass is 16.2. The van der Waals surface area contributed by atoms with E-state index >= 15 is 0 Å². The lowest BCUT2D eigenvalue weighted by Crippen LogP contribution is -2.28. The summed E-state index contributed by atoms with van der Waals surface area (Å²) in [5, 5.41) is 1.05. The lowest BCUT2D eigenvalue weighted by Gasteiger charge is -2.16. The topological polar surface area (TPSA) is 59.0 Å². The zero-order valence-corrected chi connectivity index (χ0v) is 14.0. The van der Waals surface area contributed by atoms with Gasteiger partial charge < -0.3 is 4.90 Å². The molecule has 0 saturated carbocycles. The van der Waals surface area contributed by atoms with Crippen LogP contribution in [0, 0.1) is 0 Å². The number of carbonyl (C=O) groups excluding carboxylic acids is 1. The van der Waals surface area contributed by atoms with E-state index in [1.165, 1.54) is 0 Å². The van der Waals surface area contributed by atoms with Gasteiger partial charge in [0.15, 0.2) is 5.65 Å². The van der Waals surface area contributed by atoms with Gasteiger partial charge in [0.05, 0.1) is 0 Å². The predicted octanol–water partition coefficient (Wildman–Crippen LogP) is 2.97. The minimum Gasteiger partial charge on any atom is -0.342 e. The van der Waals surface area contributed by atoms with Crippen molar-refractivity contribution in [3.05, 3.63) is 66.2 Å². The lowest BCUT2D eigenvalue weighted by molar-refractivity contribution is -0.130. The van der Waals surface area contributed by atoms with Crippen molar-refractivity contribution in [2.75, 3.05) is 13.1 Å². The molecule has 0 N–H and O–H groups in total. The maximum absolute atomic E-state index is 12.5. The lowest BCUT2D eigenvalue weighted by atomic mass is 10.0. The Bertz CT molecular complexity index is 881. The van der Waals surface area contributed by atoms with E-state index in [9.17, 15) is 4.79 Å². The minimum absolute atomic E-state index is 0.221. The first-order valence-corrected chi connectivity index (χ1v) is 8.68. The maximum atomic E-state index is 12.5. The number of likely N-dealkylation sites (tertiary alicyclic amines) is 1. The second-order valence-electron chi connectivity index (χ2n) is 6.47. The van der Waals surface area contributed by atoms with Crippen LogP contribution >= 0.6 is 0 Å². The van der Waals surface area contributed by atoms with Gasteiger partial charge in [-0.15, -0.1) is 0 Å². The molecule has 0 aliphatic carbocycles. The number of pyridine rings is 3. The summed E-state index contributed by atoms with van der Waals surface area (Å²) >= 11 is 0. The smallest absolute Gasteiger partial charge is 0.222 e. The molecule has 1 aliphatic heterocycles. The van der Waals surface area contributed by atoms with Crippen LogP contribution < -0.4 is 0 Å². The maximum Gasteiger partial charge on any atom is 0.222 e. The Morgan fingerprint density at radius 1 is 1.12 bits per heavy atom. The molecule has 126 valence electrons. The Morgan fingerprint density at radius 3 is 2.88 bits per heavy atom. The third kappa shape index (κ3) is 3.50. The summed E-state index contributed by atoms with van der Waals surface area (Å²) in [6.07, 6.45) is 7.58. The number of aromatic nitrogens is 3. The van der Waals surface area contributed by atoms with Crippen molar-refractivity contribution in [3.8, 4) is 0 Å². The van der Waals surface area contributed by atoms with Gasteiger partial charge in [-0.25, -0.2) is 9.97 Å². The van der Waals surface area contributed by atoms with E-state index in [-0.39, 0.29) is 5.91 Å². The molecule has 1 fully saturated rings. The van der Waals surface area contributed by atoms with Gasteiger partial charge in [0, 0.05) is 55.1 Å². The number of amides is 1. The third-order valence-electron chi connectivity index (χ3n) is 4.82. The number of rotatable bonds is 4. The van der Waals surface area contributed by atoms with Crippen molar-refractivity contribution >= 4 is 16.9 Å². The SMILES string of the molecule is O=C(CCc1ccncc1)N1CCC(c2ccc3cccnc3n2)C1. The molecule has 3 aromatic rings. The van der Waals surface area contributed by atoms with Gasteiger partial charge in [-0.3, -0.25) is 9.78 Å². The zero-order valence-electron chi connectivity index (χ0n) is 14.0. The fraction of sp³-hybridized carbons (Fsp3) is 0.300. The molecule has 25 heavy (non-hydrogen) atoms. The highest BCUT2D eigenvalue weighted by Gasteiger charge is 2.28. The van der Waals surface area contributed by atoms with E-state index in [0.717, 1.165) is 48.2 Å². The van der Waals surface area contributed by atoms with Crippen molar-refractivity contribution in [1.82, 2.24) is 19.9 Å². The van der Waals surface area contributed by atoms with Crippen LogP contribution in [-0.2, 0) is 11.2 Å². The molecule has 5 nitrogen and oxygen atoms in total. The molecule has 0 spiro atoms. The van der Waals surface area contributed by atoms with Crippen LogP contribution in [0.1, 0.15) is 30.0 Å². The largest absolute Gasteiger partial charge is 0.342 e. The van der Waals surface area contributed by atoms with Crippen LogP contribution in [0.15, 0.2) is 55.0 Å². The molecule has 1 saturated heterocycles. The quantitative estimate of drug-likeness (QED) is 0.737. The van der Waals surface area contributed by atoms with Crippen molar-refractivity contribution < 1.29 is 4.79 Å². The van der Waals surface area contributed by atoms with E-state index in [4.69, 9.17) is 0 Å². The molecule has 1 aliphatic rings. The van der Waals surface area contributed by atoms with Crippen molar-refractivity contribution in [2.24, 2.45) is 0 Å². The van der Waals surface area contributed by atoms with Crippen molar-refractivity contribution in [3.63, 3.8) is 0 Å². The molecular formula is C20H20N4O. The average molecular weight is 332 g/mol.